The Morgan fingerprint density at radius 3 is 1.71 bits per heavy atom. The number of fused-ring (bicyclic) bond motifs is 4. The molecule has 0 bridgehead atoms. The molecule has 19 nitrogen and oxygen atoms in total. The van der Waals surface area contributed by atoms with E-state index in [0.717, 1.165) is 40.4 Å². The predicted molar refractivity (Wildman–Crippen MR) is 303 cm³/mol. The van der Waals surface area contributed by atoms with E-state index in [1.54, 1.807) is 45.1 Å². The molecule has 0 aliphatic rings. The molecule has 0 aliphatic heterocycles. The van der Waals surface area contributed by atoms with Crippen molar-refractivity contribution in [1.29, 1.82) is 0 Å². The second kappa shape index (κ2) is 25.0. The molecule has 0 unspecified atom stereocenters. The van der Waals surface area contributed by atoms with Crippen molar-refractivity contribution in [2.45, 2.75) is 97.3 Å². The smallest absolute Gasteiger partial charge is 0.255 e. The Labute approximate surface area is 450 Å². The molecular formula is C52H71Cl2N13O6Si2. The molecule has 23 heteroatoms. The van der Waals surface area contributed by atoms with Crippen LogP contribution in [0.15, 0.2) is 61.2 Å². The lowest BCUT2D eigenvalue weighted by atomic mass is 10.1. The molecule has 0 saturated carbocycles. The fraction of sp³-hybridized carbons (Fsp3) is 0.462. The maximum absolute atomic E-state index is 13.3. The number of hydrogen-bond acceptors (Lipinski definition) is 13. The molecule has 0 radical (unpaired) electrons. The highest BCUT2D eigenvalue weighted by atomic mass is 35.5. The number of carbonyl (C=O) groups is 2. The number of carbonyl (C=O) groups excluding carboxylic acids is 2. The zero-order valence-corrected chi connectivity index (χ0v) is 48.7. The average Bonchev–Trinajstić information content (AvgIpc) is 4.12. The number of nitrogens with zero attached hydrogens (tertiary/aromatic N) is 10. The Hall–Kier alpha value is -5.63. The van der Waals surface area contributed by atoms with Gasteiger partial charge in [-0.05, 0) is 76.4 Å². The number of hydrogen-bond donors (Lipinski definition) is 3. The Morgan fingerprint density at radius 1 is 0.720 bits per heavy atom. The summed E-state index contributed by atoms with van der Waals surface area (Å²) in [5.74, 6) is -0.486. The number of methoxy groups -OCH3 is 2. The standard InChI is InChI=1S/C28H40ClN7O3Si.C24H31ClN6O3Si/c1-19(17-38-4)31-28(37)22-16-35(18-39-12-13-40(5,6)7)27-26(22)32-23(15-30-27)25-21-9-8-20(29)14-24(21)36(33-25)11-10-34(2)3;1-15(13-33-2)27-24(32)18-12-31(14-34-8-9-35(3,4)5)23-22(18)28-20(11-26-23)21-17-7-6-16(25)10-19(17)29-30-21/h8-9,14-16,19H,10-13,17-18H2,1-7H3,(H,31,37);6-7,10-12,15H,8-9,13-14H2,1-5H3,(H,27,32)(H,29,30)/t19-;15-/m00/s1. The highest BCUT2D eigenvalue weighted by molar-refractivity contribution is 6.76. The molecule has 6 heterocycles. The van der Waals surface area contributed by atoms with Crippen LogP contribution in [0.3, 0.4) is 0 Å². The van der Waals surface area contributed by atoms with Gasteiger partial charge in [-0.15, -0.1) is 0 Å². The number of aromatic nitrogens is 10. The van der Waals surface area contributed by atoms with E-state index in [0.29, 0.717) is 106 Å². The van der Waals surface area contributed by atoms with Crippen molar-refractivity contribution >= 4 is 95.3 Å². The quantitative estimate of drug-likeness (QED) is 0.0404. The summed E-state index contributed by atoms with van der Waals surface area (Å²) in [7, 11) is 4.83. The van der Waals surface area contributed by atoms with Crippen LogP contribution >= 0.6 is 23.2 Å². The van der Waals surface area contributed by atoms with Crippen molar-refractivity contribution in [3.05, 3.63) is 82.4 Å². The van der Waals surface area contributed by atoms with Crippen LogP contribution in [0.2, 0.25) is 61.4 Å². The van der Waals surface area contributed by atoms with Gasteiger partial charge < -0.3 is 43.6 Å². The third-order valence-electron chi connectivity index (χ3n) is 12.1. The number of rotatable bonds is 23. The maximum Gasteiger partial charge on any atom is 0.255 e. The first-order valence-electron chi connectivity index (χ1n) is 25.0. The highest BCUT2D eigenvalue weighted by Gasteiger charge is 2.25. The van der Waals surface area contributed by atoms with Crippen LogP contribution in [0, 0.1) is 0 Å². The predicted octanol–water partition coefficient (Wildman–Crippen LogP) is 9.45. The molecule has 2 atom stereocenters. The molecule has 0 spiro atoms. The van der Waals surface area contributed by atoms with Crippen molar-refractivity contribution < 1.29 is 28.5 Å². The van der Waals surface area contributed by atoms with Crippen molar-refractivity contribution in [3.8, 4) is 22.8 Å². The van der Waals surface area contributed by atoms with Gasteiger partial charge in [0.15, 0.2) is 11.3 Å². The Kier molecular flexibility index (Phi) is 19.0. The van der Waals surface area contributed by atoms with E-state index in [1.807, 2.05) is 72.1 Å². The van der Waals surface area contributed by atoms with Gasteiger partial charge in [-0.2, -0.15) is 10.2 Å². The summed E-state index contributed by atoms with van der Waals surface area (Å²) in [6.45, 7) is 21.9. The zero-order chi connectivity index (χ0) is 54.2. The molecule has 0 aliphatic carbocycles. The van der Waals surface area contributed by atoms with Crippen molar-refractivity contribution in [2.75, 3.05) is 61.3 Å². The largest absolute Gasteiger partial charge is 0.383 e. The topological polar surface area (TPSA) is 206 Å². The minimum Gasteiger partial charge on any atom is -0.383 e. The van der Waals surface area contributed by atoms with E-state index in [1.165, 1.54) is 0 Å². The van der Waals surface area contributed by atoms with Crippen LogP contribution in [-0.2, 0) is 39.0 Å². The molecule has 402 valence electrons. The zero-order valence-electron chi connectivity index (χ0n) is 45.2. The number of aromatic amines is 1. The Morgan fingerprint density at radius 2 is 1.21 bits per heavy atom. The van der Waals surface area contributed by atoms with Gasteiger partial charge in [0.2, 0.25) is 0 Å². The minimum absolute atomic E-state index is 0.157. The SMILES string of the molecule is COC[C@H](C)NC(=O)c1cn(COCC[Si](C)(C)C)c2ncc(-c3n[nH]c4cc(Cl)ccc34)nc12.COC[C@H](C)NC(=O)c1cn(COCC[Si](C)(C)C)c2ncc(-c3nn(CCN(C)C)c4cc(Cl)ccc34)nc12. The Bertz CT molecular complexity index is 3250. The summed E-state index contributed by atoms with van der Waals surface area (Å²) in [5, 5.41) is 21.3. The van der Waals surface area contributed by atoms with E-state index < -0.39 is 16.1 Å². The van der Waals surface area contributed by atoms with Gasteiger partial charge in [0.05, 0.1) is 54.3 Å². The van der Waals surface area contributed by atoms with Gasteiger partial charge in [0.25, 0.3) is 11.8 Å². The van der Waals surface area contributed by atoms with Crippen LogP contribution in [0.1, 0.15) is 34.6 Å². The molecule has 8 aromatic rings. The molecule has 0 fully saturated rings. The van der Waals surface area contributed by atoms with E-state index in [9.17, 15) is 9.59 Å². The summed E-state index contributed by atoms with van der Waals surface area (Å²) in [4.78, 5) is 47.8. The first-order valence-corrected chi connectivity index (χ1v) is 33.2. The first kappa shape index (κ1) is 57.1. The van der Waals surface area contributed by atoms with Crippen LogP contribution < -0.4 is 10.6 Å². The van der Waals surface area contributed by atoms with Gasteiger partial charge in [0.1, 0.15) is 47.3 Å². The molecule has 3 N–H and O–H groups in total. The highest BCUT2D eigenvalue weighted by Crippen LogP contribution is 2.32. The number of likely N-dealkylation sites (N-methyl/N-ethyl adjacent to an activating group) is 1. The average molecular weight is 1100 g/mol. The van der Waals surface area contributed by atoms with E-state index in [2.05, 4.69) is 70.0 Å². The van der Waals surface area contributed by atoms with E-state index in [4.69, 9.17) is 62.2 Å². The number of halogens is 2. The summed E-state index contributed by atoms with van der Waals surface area (Å²) in [5.41, 5.74) is 7.20. The summed E-state index contributed by atoms with van der Waals surface area (Å²) < 4.78 is 27.9. The lowest BCUT2D eigenvalue weighted by molar-refractivity contribution is 0.0874. The number of amides is 2. The fourth-order valence-corrected chi connectivity index (χ4v) is 9.97. The normalized spacial score (nSPS) is 13.0. The fourth-order valence-electron chi connectivity index (χ4n) is 8.12. The van der Waals surface area contributed by atoms with Crippen LogP contribution in [-0.4, -0.2) is 155 Å². The van der Waals surface area contributed by atoms with Crippen molar-refractivity contribution in [3.63, 3.8) is 0 Å². The van der Waals surface area contributed by atoms with Gasteiger partial charge >= 0.3 is 0 Å². The number of nitrogens with one attached hydrogen (secondary N) is 3. The second-order valence-electron chi connectivity index (χ2n) is 21.5. The molecule has 6 aromatic heterocycles. The molecule has 2 amide bonds. The Balaban J connectivity index is 0.000000221. The van der Waals surface area contributed by atoms with Crippen molar-refractivity contribution in [2.24, 2.45) is 0 Å². The molecular weight excluding hydrogens is 1030 g/mol. The molecule has 8 rings (SSSR count). The van der Waals surface area contributed by atoms with Gasteiger partial charge in [-0.1, -0.05) is 62.5 Å². The van der Waals surface area contributed by atoms with E-state index >= 15 is 0 Å². The van der Waals surface area contributed by atoms with Gasteiger partial charge in [-0.25, -0.2) is 19.9 Å². The van der Waals surface area contributed by atoms with Crippen LogP contribution in [0.5, 0.6) is 0 Å². The minimum atomic E-state index is -1.23. The second-order valence-corrected chi connectivity index (χ2v) is 33.6. The number of H-pyrrole nitrogens is 1. The first-order chi connectivity index (χ1) is 35.6. The van der Waals surface area contributed by atoms with Gasteiger partial charge in [0, 0.05) is 95.4 Å². The van der Waals surface area contributed by atoms with E-state index in [-0.39, 0.29) is 30.6 Å². The number of benzene rings is 2. The summed E-state index contributed by atoms with van der Waals surface area (Å²) in [6, 6.07) is 13.0. The summed E-state index contributed by atoms with van der Waals surface area (Å²) >= 11 is 12.5. The molecule has 75 heavy (non-hydrogen) atoms. The van der Waals surface area contributed by atoms with Gasteiger partial charge in [-0.3, -0.25) is 19.4 Å². The van der Waals surface area contributed by atoms with Crippen LogP contribution in [0.4, 0.5) is 0 Å². The van der Waals surface area contributed by atoms with Crippen LogP contribution in [0.25, 0.3) is 66.9 Å². The number of ether oxygens (including phenoxy) is 4. The monoisotopic (exact) mass is 1100 g/mol. The lowest BCUT2D eigenvalue weighted by Gasteiger charge is -2.15. The van der Waals surface area contributed by atoms with Crippen molar-refractivity contribution in [1.82, 2.24) is 64.6 Å². The lowest BCUT2D eigenvalue weighted by Crippen LogP contribution is -2.35. The molecule has 0 saturated heterocycles. The molecule has 2 aromatic carbocycles. The maximum atomic E-state index is 13.3. The third kappa shape index (κ3) is 14.9. The third-order valence-corrected chi connectivity index (χ3v) is 16.0. The summed E-state index contributed by atoms with van der Waals surface area (Å²) in [6.07, 6.45) is 6.90.